The van der Waals surface area contributed by atoms with Crippen molar-refractivity contribution in [2.75, 3.05) is 10.5 Å². The van der Waals surface area contributed by atoms with E-state index in [4.69, 9.17) is 28.9 Å². The van der Waals surface area contributed by atoms with E-state index in [0.717, 1.165) is 0 Å². The molecule has 0 radical (unpaired) electrons. The van der Waals surface area contributed by atoms with Gasteiger partial charge in [0.25, 0.3) is 10.0 Å². The highest BCUT2D eigenvalue weighted by Crippen LogP contribution is 2.23. The molecule has 0 atom stereocenters. The molecule has 1 aromatic carbocycles. The summed E-state index contributed by atoms with van der Waals surface area (Å²) in [6.07, 6.45) is 1.32. The zero-order valence-electron chi connectivity index (χ0n) is 9.47. The highest BCUT2D eigenvalue weighted by atomic mass is 35.5. The molecule has 19 heavy (non-hydrogen) atoms. The topological polar surface area (TPSA) is 85.1 Å². The van der Waals surface area contributed by atoms with Gasteiger partial charge in [-0.15, -0.1) is 0 Å². The van der Waals surface area contributed by atoms with Crippen LogP contribution in [0.25, 0.3) is 0 Å². The number of anilines is 2. The van der Waals surface area contributed by atoms with E-state index >= 15 is 0 Å². The molecule has 0 spiro atoms. The van der Waals surface area contributed by atoms with Crippen LogP contribution in [-0.2, 0) is 10.0 Å². The molecule has 0 unspecified atom stereocenters. The Morgan fingerprint density at radius 3 is 2.47 bits per heavy atom. The minimum absolute atomic E-state index is 0.0179. The van der Waals surface area contributed by atoms with Gasteiger partial charge in [-0.2, -0.15) is 0 Å². The maximum absolute atomic E-state index is 12.1. The lowest BCUT2D eigenvalue weighted by molar-refractivity contribution is 0.601. The second-order valence-corrected chi connectivity index (χ2v) is 6.14. The molecular formula is C11H9Cl2N3O2S. The van der Waals surface area contributed by atoms with Crippen LogP contribution in [0.15, 0.2) is 41.4 Å². The van der Waals surface area contributed by atoms with Crippen LogP contribution in [0.1, 0.15) is 0 Å². The Labute approximate surface area is 120 Å². The third-order valence-corrected chi connectivity index (χ3v) is 4.20. The summed E-state index contributed by atoms with van der Waals surface area (Å²) < 4.78 is 26.5. The summed E-state index contributed by atoms with van der Waals surface area (Å²) in [4.78, 5) is 3.80. The minimum atomic E-state index is -3.74. The molecule has 0 aliphatic carbocycles. The number of benzene rings is 1. The Morgan fingerprint density at radius 1 is 1.16 bits per heavy atom. The Morgan fingerprint density at radius 2 is 1.89 bits per heavy atom. The van der Waals surface area contributed by atoms with E-state index in [1.807, 2.05) is 0 Å². The van der Waals surface area contributed by atoms with Gasteiger partial charge in [-0.05, 0) is 30.3 Å². The van der Waals surface area contributed by atoms with Crippen molar-refractivity contribution in [1.29, 1.82) is 0 Å². The predicted molar refractivity (Wildman–Crippen MR) is 75.9 cm³/mol. The molecule has 0 aliphatic rings. The van der Waals surface area contributed by atoms with Crippen LogP contribution in [0, 0.1) is 0 Å². The number of nitrogens with zero attached hydrogens (tertiary/aromatic N) is 1. The van der Waals surface area contributed by atoms with Crippen molar-refractivity contribution in [2.24, 2.45) is 0 Å². The van der Waals surface area contributed by atoms with Crippen molar-refractivity contribution in [3.8, 4) is 0 Å². The lowest BCUT2D eigenvalue weighted by atomic mass is 10.3. The Hall–Kier alpha value is -1.50. The van der Waals surface area contributed by atoms with E-state index in [2.05, 4.69) is 9.71 Å². The molecule has 0 amide bonds. The highest BCUT2D eigenvalue weighted by Gasteiger charge is 2.15. The molecule has 2 rings (SSSR count). The van der Waals surface area contributed by atoms with Gasteiger partial charge in [0.15, 0.2) is 0 Å². The fourth-order valence-corrected chi connectivity index (χ4v) is 2.65. The summed E-state index contributed by atoms with van der Waals surface area (Å²) in [5.74, 6) is 0. The Balaban J connectivity index is 2.32. The molecule has 100 valence electrons. The van der Waals surface area contributed by atoms with E-state index in [1.165, 1.54) is 36.5 Å². The minimum Gasteiger partial charge on any atom is -0.397 e. The number of aromatic nitrogens is 1. The van der Waals surface area contributed by atoms with Crippen LogP contribution < -0.4 is 10.5 Å². The first-order chi connectivity index (χ1) is 8.88. The monoisotopic (exact) mass is 317 g/mol. The maximum Gasteiger partial charge on any atom is 0.262 e. The van der Waals surface area contributed by atoms with Crippen molar-refractivity contribution in [3.63, 3.8) is 0 Å². The summed E-state index contributed by atoms with van der Waals surface area (Å²) in [5.41, 5.74) is 6.07. The molecule has 0 fully saturated rings. The number of hydrogen-bond acceptors (Lipinski definition) is 4. The first-order valence-electron chi connectivity index (χ1n) is 5.08. The SMILES string of the molecule is Nc1cc(S(=O)(=O)Nc2ccc(Cl)nc2)ccc1Cl. The average Bonchev–Trinajstić information content (AvgIpc) is 2.35. The second kappa shape index (κ2) is 5.24. The molecule has 0 saturated carbocycles. The number of nitrogens with one attached hydrogen (secondary N) is 1. The van der Waals surface area contributed by atoms with Crippen LogP contribution in [-0.4, -0.2) is 13.4 Å². The van der Waals surface area contributed by atoms with E-state index in [1.54, 1.807) is 0 Å². The molecule has 8 heteroatoms. The zero-order valence-corrected chi connectivity index (χ0v) is 11.8. The summed E-state index contributed by atoms with van der Waals surface area (Å²) in [5, 5.41) is 0.575. The zero-order chi connectivity index (χ0) is 14.0. The van der Waals surface area contributed by atoms with Crippen molar-refractivity contribution in [1.82, 2.24) is 4.98 Å². The second-order valence-electron chi connectivity index (χ2n) is 3.66. The third kappa shape index (κ3) is 3.28. The summed E-state index contributed by atoms with van der Waals surface area (Å²) in [6.45, 7) is 0. The van der Waals surface area contributed by atoms with Crippen LogP contribution in [0.2, 0.25) is 10.2 Å². The molecule has 0 bridgehead atoms. The average molecular weight is 318 g/mol. The molecule has 1 heterocycles. The van der Waals surface area contributed by atoms with Crippen molar-refractivity contribution in [3.05, 3.63) is 46.7 Å². The Bertz CT molecular complexity index is 702. The summed E-state index contributed by atoms with van der Waals surface area (Å²) in [6, 6.07) is 7.06. The van der Waals surface area contributed by atoms with Crippen LogP contribution in [0.4, 0.5) is 11.4 Å². The van der Waals surface area contributed by atoms with Gasteiger partial charge in [0.2, 0.25) is 0 Å². The first-order valence-corrected chi connectivity index (χ1v) is 7.32. The summed E-state index contributed by atoms with van der Waals surface area (Å²) >= 11 is 11.4. The molecule has 2 aromatic rings. The number of nitrogens with two attached hydrogens (primary N) is 1. The van der Waals surface area contributed by atoms with Gasteiger partial charge in [0.05, 0.1) is 27.5 Å². The van der Waals surface area contributed by atoms with Gasteiger partial charge >= 0.3 is 0 Å². The number of nitrogen functional groups attached to an aromatic ring is 1. The number of halogens is 2. The Kier molecular flexibility index (Phi) is 3.84. The third-order valence-electron chi connectivity index (χ3n) is 2.26. The van der Waals surface area contributed by atoms with Crippen LogP contribution >= 0.6 is 23.2 Å². The van der Waals surface area contributed by atoms with E-state index in [9.17, 15) is 8.42 Å². The fraction of sp³-hybridized carbons (Fsp3) is 0. The highest BCUT2D eigenvalue weighted by molar-refractivity contribution is 7.92. The molecule has 3 N–H and O–H groups in total. The van der Waals surface area contributed by atoms with Crippen molar-refractivity contribution < 1.29 is 8.42 Å². The molecule has 0 aliphatic heterocycles. The van der Waals surface area contributed by atoms with Crippen LogP contribution in [0.5, 0.6) is 0 Å². The predicted octanol–water partition coefficient (Wildman–Crippen LogP) is 2.77. The number of rotatable bonds is 3. The first kappa shape index (κ1) is 13.9. The number of pyridine rings is 1. The maximum atomic E-state index is 12.1. The summed E-state index contributed by atoms with van der Waals surface area (Å²) in [7, 11) is -3.74. The van der Waals surface area contributed by atoms with Gasteiger partial charge < -0.3 is 5.73 Å². The molecule has 0 saturated heterocycles. The number of hydrogen-bond donors (Lipinski definition) is 2. The standard InChI is InChI=1S/C11H9Cl2N3O2S/c12-9-3-2-8(5-10(9)14)19(17,18)16-7-1-4-11(13)15-6-7/h1-6,16H,14H2. The molecule has 1 aromatic heterocycles. The largest absolute Gasteiger partial charge is 0.397 e. The van der Waals surface area contributed by atoms with Crippen LogP contribution in [0.3, 0.4) is 0 Å². The van der Waals surface area contributed by atoms with Gasteiger partial charge in [0, 0.05) is 0 Å². The van der Waals surface area contributed by atoms with Crippen molar-refractivity contribution in [2.45, 2.75) is 4.90 Å². The van der Waals surface area contributed by atoms with Gasteiger partial charge in [-0.1, -0.05) is 23.2 Å². The van der Waals surface area contributed by atoms with Gasteiger partial charge in [-0.3, -0.25) is 4.72 Å². The molecular weight excluding hydrogens is 309 g/mol. The quantitative estimate of drug-likeness (QED) is 0.673. The van der Waals surface area contributed by atoms with E-state index in [-0.39, 0.29) is 15.7 Å². The number of sulfonamides is 1. The lowest BCUT2D eigenvalue weighted by Crippen LogP contribution is -2.13. The van der Waals surface area contributed by atoms with Crippen molar-refractivity contribution >= 4 is 44.6 Å². The van der Waals surface area contributed by atoms with Gasteiger partial charge in [-0.25, -0.2) is 13.4 Å². The van der Waals surface area contributed by atoms with E-state index in [0.29, 0.717) is 10.7 Å². The smallest absolute Gasteiger partial charge is 0.262 e. The fourth-order valence-electron chi connectivity index (χ4n) is 1.34. The van der Waals surface area contributed by atoms with E-state index < -0.39 is 10.0 Å². The van der Waals surface area contributed by atoms with Gasteiger partial charge in [0.1, 0.15) is 5.15 Å². The normalized spacial score (nSPS) is 11.3. The lowest BCUT2D eigenvalue weighted by Gasteiger charge is -2.08. The molecule has 5 nitrogen and oxygen atoms in total.